The second-order valence-electron chi connectivity index (χ2n) is 4.63. The molecule has 1 nitrogen and oxygen atoms in total. The molecule has 0 amide bonds. The van der Waals surface area contributed by atoms with Crippen molar-refractivity contribution in [1.82, 2.24) is 5.32 Å². The van der Waals surface area contributed by atoms with Crippen LogP contribution in [0, 0.1) is 12.7 Å². The molecular formula is C15H17BrFNS. The van der Waals surface area contributed by atoms with E-state index in [0.29, 0.717) is 0 Å². The molecule has 0 aliphatic heterocycles. The number of nitrogens with one attached hydrogen (secondary N) is 1. The Morgan fingerprint density at radius 2 is 2.05 bits per heavy atom. The van der Waals surface area contributed by atoms with E-state index in [4.69, 9.17) is 0 Å². The minimum absolute atomic E-state index is 0.0527. The summed E-state index contributed by atoms with van der Waals surface area (Å²) in [5.41, 5.74) is 3.11. The van der Waals surface area contributed by atoms with Gasteiger partial charge in [-0.25, -0.2) is 4.39 Å². The maximum Gasteiger partial charge on any atom is 0.123 e. The molecule has 1 unspecified atom stereocenters. The minimum Gasteiger partial charge on any atom is -0.306 e. The van der Waals surface area contributed by atoms with Crippen molar-refractivity contribution in [2.75, 3.05) is 6.54 Å². The predicted octanol–water partition coefficient (Wildman–Crippen LogP) is 5.05. The molecule has 1 aromatic heterocycles. The van der Waals surface area contributed by atoms with Crippen LogP contribution in [0.5, 0.6) is 0 Å². The molecule has 1 atom stereocenters. The van der Waals surface area contributed by atoms with Crippen molar-refractivity contribution >= 4 is 27.3 Å². The zero-order chi connectivity index (χ0) is 13.8. The number of hydrogen-bond acceptors (Lipinski definition) is 2. The third-order valence-electron chi connectivity index (χ3n) is 2.92. The van der Waals surface area contributed by atoms with Crippen molar-refractivity contribution in [3.05, 3.63) is 55.9 Å². The van der Waals surface area contributed by atoms with Crippen LogP contribution < -0.4 is 5.32 Å². The number of thiophene rings is 1. The zero-order valence-corrected chi connectivity index (χ0v) is 13.4. The number of benzene rings is 1. The number of halogens is 2. The lowest BCUT2D eigenvalue weighted by Crippen LogP contribution is -2.23. The molecule has 0 spiro atoms. The molecule has 1 aromatic carbocycles. The molecule has 0 saturated heterocycles. The molecule has 0 saturated carbocycles. The molecule has 1 heterocycles. The van der Waals surface area contributed by atoms with Gasteiger partial charge in [0, 0.05) is 0 Å². The van der Waals surface area contributed by atoms with Crippen molar-refractivity contribution in [2.24, 2.45) is 0 Å². The largest absolute Gasteiger partial charge is 0.306 e. The van der Waals surface area contributed by atoms with Crippen LogP contribution in [-0.2, 0) is 0 Å². The summed E-state index contributed by atoms with van der Waals surface area (Å²) in [6, 6.07) is 7.37. The minimum atomic E-state index is -0.174. The first-order chi connectivity index (χ1) is 9.10. The molecule has 1 N–H and O–H groups in total. The van der Waals surface area contributed by atoms with Crippen LogP contribution in [0.3, 0.4) is 0 Å². The summed E-state index contributed by atoms with van der Waals surface area (Å²) in [4.78, 5) is 0. The fraction of sp³-hybridized carbons (Fsp3) is 0.333. The summed E-state index contributed by atoms with van der Waals surface area (Å²) < 4.78 is 14.7. The average Bonchev–Trinajstić information content (AvgIpc) is 2.75. The van der Waals surface area contributed by atoms with Gasteiger partial charge < -0.3 is 5.32 Å². The first-order valence-electron chi connectivity index (χ1n) is 6.34. The monoisotopic (exact) mass is 341 g/mol. The third-order valence-corrected chi connectivity index (χ3v) is 4.44. The van der Waals surface area contributed by atoms with Gasteiger partial charge in [0.1, 0.15) is 5.82 Å². The van der Waals surface area contributed by atoms with Crippen LogP contribution in [0.1, 0.15) is 36.1 Å². The van der Waals surface area contributed by atoms with Crippen molar-refractivity contribution in [3.8, 4) is 0 Å². The van der Waals surface area contributed by atoms with E-state index in [9.17, 15) is 4.39 Å². The van der Waals surface area contributed by atoms with Crippen LogP contribution in [-0.4, -0.2) is 6.54 Å². The molecule has 19 heavy (non-hydrogen) atoms. The van der Waals surface area contributed by atoms with Gasteiger partial charge in [-0.2, -0.15) is 0 Å². The molecule has 102 valence electrons. The standard InChI is InChI=1S/C15H17BrFNS/c1-3-4-18-15(12-8-14(16)19-9-12)11-5-10(2)6-13(17)7-11/h5-9,15,18H,3-4H2,1-2H3. The Morgan fingerprint density at radius 1 is 1.26 bits per heavy atom. The Labute approximate surface area is 126 Å². The van der Waals surface area contributed by atoms with Gasteiger partial charge in [-0.05, 0) is 76.1 Å². The normalized spacial score (nSPS) is 12.6. The zero-order valence-electron chi connectivity index (χ0n) is 11.0. The molecular weight excluding hydrogens is 325 g/mol. The second-order valence-corrected chi connectivity index (χ2v) is 6.92. The Bertz CT molecular complexity index is 533. The fourth-order valence-corrected chi connectivity index (χ4v) is 3.32. The van der Waals surface area contributed by atoms with Crippen LogP contribution >= 0.6 is 27.3 Å². The highest BCUT2D eigenvalue weighted by molar-refractivity contribution is 9.11. The van der Waals surface area contributed by atoms with E-state index in [2.05, 4.69) is 39.6 Å². The number of rotatable bonds is 5. The summed E-state index contributed by atoms with van der Waals surface area (Å²) >= 11 is 5.14. The maximum absolute atomic E-state index is 13.6. The molecule has 0 fully saturated rings. The Morgan fingerprint density at radius 3 is 2.63 bits per heavy atom. The van der Waals surface area contributed by atoms with Crippen molar-refractivity contribution < 1.29 is 4.39 Å². The Kier molecular flexibility index (Phi) is 5.13. The van der Waals surface area contributed by atoms with Crippen molar-refractivity contribution in [2.45, 2.75) is 26.3 Å². The van der Waals surface area contributed by atoms with Crippen LogP contribution in [0.25, 0.3) is 0 Å². The summed E-state index contributed by atoms with van der Waals surface area (Å²) in [7, 11) is 0. The highest BCUT2D eigenvalue weighted by Crippen LogP contribution is 2.30. The topological polar surface area (TPSA) is 12.0 Å². The molecule has 2 aromatic rings. The summed E-state index contributed by atoms with van der Waals surface area (Å²) in [5, 5.41) is 5.60. The van der Waals surface area contributed by atoms with E-state index < -0.39 is 0 Å². The lowest BCUT2D eigenvalue weighted by molar-refractivity contribution is 0.585. The van der Waals surface area contributed by atoms with Crippen molar-refractivity contribution in [1.29, 1.82) is 0 Å². The first-order valence-corrected chi connectivity index (χ1v) is 8.02. The lowest BCUT2D eigenvalue weighted by Gasteiger charge is -2.18. The molecule has 0 radical (unpaired) electrons. The van der Waals surface area contributed by atoms with Crippen LogP contribution in [0.2, 0.25) is 0 Å². The molecule has 0 bridgehead atoms. The second kappa shape index (κ2) is 6.64. The van der Waals surface area contributed by atoms with E-state index >= 15 is 0 Å². The van der Waals surface area contributed by atoms with Crippen molar-refractivity contribution in [3.63, 3.8) is 0 Å². The van der Waals surface area contributed by atoms with Gasteiger partial charge in [-0.3, -0.25) is 0 Å². The van der Waals surface area contributed by atoms with Crippen LogP contribution in [0.15, 0.2) is 33.4 Å². The fourth-order valence-electron chi connectivity index (χ4n) is 2.12. The van der Waals surface area contributed by atoms with Gasteiger partial charge in [0.05, 0.1) is 9.83 Å². The van der Waals surface area contributed by atoms with Gasteiger partial charge >= 0.3 is 0 Å². The van der Waals surface area contributed by atoms with Crippen LogP contribution in [0.4, 0.5) is 4.39 Å². The molecule has 2 rings (SSSR count). The third kappa shape index (κ3) is 3.88. The quantitative estimate of drug-likeness (QED) is 0.802. The lowest BCUT2D eigenvalue weighted by atomic mass is 9.99. The van der Waals surface area contributed by atoms with Gasteiger partial charge in [-0.15, -0.1) is 11.3 Å². The predicted molar refractivity (Wildman–Crippen MR) is 83.3 cm³/mol. The van der Waals surface area contributed by atoms with Gasteiger partial charge in [-0.1, -0.05) is 13.0 Å². The highest BCUT2D eigenvalue weighted by Gasteiger charge is 2.16. The average molecular weight is 342 g/mol. The smallest absolute Gasteiger partial charge is 0.123 e. The molecule has 0 aliphatic carbocycles. The molecule has 0 aliphatic rings. The van der Waals surface area contributed by atoms with Gasteiger partial charge in [0.15, 0.2) is 0 Å². The first kappa shape index (κ1) is 14.7. The summed E-state index contributed by atoms with van der Waals surface area (Å²) in [6.45, 7) is 4.96. The molecule has 4 heteroatoms. The van der Waals surface area contributed by atoms with E-state index in [1.165, 1.54) is 5.56 Å². The van der Waals surface area contributed by atoms with Gasteiger partial charge in [0.25, 0.3) is 0 Å². The number of hydrogen-bond donors (Lipinski definition) is 1. The van der Waals surface area contributed by atoms with E-state index in [0.717, 1.165) is 27.9 Å². The van der Waals surface area contributed by atoms with E-state index in [-0.39, 0.29) is 11.9 Å². The maximum atomic E-state index is 13.6. The summed E-state index contributed by atoms with van der Waals surface area (Å²) in [6.07, 6.45) is 1.05. The number of aryl methyl sites for hydroxylation is 1. The van der Waals surface area contributed by atoms with E-state index in [1.54, 1.807) is 23.5 Å². The van der Waals surface area contributed by atoms with E-state index in [1.807, 2.05) is 13.0 Å². The van der Waals surface area contributed by atoms with Gasteiger partial charge in [0.2, 0.25) is 0 Å². The SMILES string of the molecule is CCCNC(c1cc(C)cc(F)c1)c1csc(Br)c1. The highest BCUT2D eigenvalue weighted by atomic mass is 79.9. The Balaban J connectivity index is 2.36. The Hall–Kier alpha value is -0.710. The summed E-state index contributed by atoms with van der Waals surface area (Å²) in [5.74, 6) is -0.174.